The number of pyridine rings is 2. The Bertz CT molecular complexity index is 555. The van der Waals surface area contributed by atoms with Crippen LogP contribution < -0.4 is 20.9 Å². The minimum Gasteiger partial charge on any atom is -2.00 e. The van der Waals surface area contributed by atoms with E-state index in [0.29, 0.717) is 0 Å². The third-order valence-corrected chi connectivity index (χ3v) is 1.91. The number of carbonyl (C=O) groups is 2. The first-order valence-electron chi connectivity index (χ1n) is 5.12. The summed E-state index contributed by atoms with van der Waals surface area (Å²) >= 11 is 0. The van der Waals surface area contributed by atoms with Gasteiger partial charge >= 0.3 is 0 Å². The second-order valence-electron chi connectivity index (χ2n) is 3.32. The molecular weight excluding hydrogens is 349 g/mol. The van der Waals surface area contributed by atoms with Gasteiger partial charge in [0.15, 0.2) is 12.4 Å². The van der Waals surface area contributed by atoms with Gasteiger partial charge in [-0.25, -0.2) is 9.97 Å². The molecule has 0 aromatic carbocycles. The molecule has 11 heteroatoms. The summed E-state index contributed by atoms with van der Waals surface area (Å²) in [6.07, 6.45) is 3.57. The Kier molecular flexibility index (Phi) is 18.0. The van der Waals surface area contributed by atoms with Gasteiger partial charge in [0.1, 0.15) is 0 Å². The van der Waals surface area contributed by atoms with E-state index in [1.165, 1.54) is 6.07 Å². The molecule has 0 bridgehead atoms. The average molecular weight is 361 g/mol. The molecule has 2 aromatic heterocycles. The first kappa shape index (κ1) is 28.6. The number of hydrogen-bond acceptors (Lipinski definition) is 6. The molecule has 5 N–H and O–H groups in total. The number of carboxylic acid groups (broad SMARTS) is 2. The van der Waals surface area contributed by atoms with Crippen LogP contribution in [0.3, 0.4) is 0 Å². The van der Waals surface area contributed by atoms with Gasteiger partial charge in [0, 0.05) is 36.4 Å². The third-order valence-electron chi connectivity index (χ3n) is 1.91. The molecule has 0 atom stereocenters. The van der Waals surface area contributed by atoms with Crippen LogP contribution in [0.1, 0.15) is 21.0 Å². The molecule has 2 rings (SSSR count). The molecule has 0 aliphatic carbocycles. The topological polar surface area (TPSA) is 222 Å². The summed E-state index contributed by atoms with van der Waals surface area (Å²) in [5, 5.41) is 20.4. The van der Waals surface area contributed by atoms with Crippen molar-refractivity contribution in [2.75, 3.05) is 5.73 Å². The van der Waals surface area contributed by atoms with Gasteiger partial charge in [-0.1, -0.05) is 6.07 Å². The van der Waals surface area contributed by atoms with Crippen molar-refractivity contribution < 1.29 is 59.8 Å². The van der Waals surface area contributed by atoms with Crippen molar-refractivity contribution in [1.82, 2.24) is 4.98 Å². The van der Waals surface area contributed by atoms with Crippen LogP contribution in [0.25, 0.3) is 0 Å². The SMILES string of the molecule is Nc1cc[nH+]cc1.O.O=C([O-])c1cccc(C(=O)[O-])n1.[O-2].[O-2].[V]. The minimum absolute atomic E-state index is 0. The molecular formula is C12H12N3O7V-5. The average Bonchev–Trinajstić information content (AvgIpc) is 2.40. The quantitative estimate of drug-likeness (QED) is 0.580. The first-order valence-corrected chi connectivity index (χ1v) is 5.12. The van der Waals surface area contributed by atoms with Gasteiger partial charge in [-0.15, -0.1) is 0 Å². The first-order chi connectivity index (χ1) is 9.00. The fourth-order valence-corrected chi connectivity index (χ4v) is 1.06. The smallest absolute Gasteiger partial charge is 0.169 e. The van der Waals surface area contributed by atoms with Crippen LogP contribution in [0.2, 0.25) is 0 Å². The predicted molar refractivity (Wildman–Crippen MR) is 65.3 cm³/mol. The molecule has 0 aliphatic heterocycles. The zero-order valence-corrected chi connectivity index (χ0v) is 12.9. The summed E-state index contributed by atoms with van der Waals surface area (Å²) in [4.78, 5) is 26.5. The van der Waals surface area contributed by atoms with Crippen LogP contribution in [0.15, 0.2) is 42.7 Å². The second kappa shape index (κ2) is 14.4. The van der Waals surface area contributed by atoms with Crippen molar-refractivity contribution in [2.24, 2.45) is 0 Å². The second-order valence-corrected chi connectivity index (χ2v) is 3.32. The van der Waals surface area contributed by atoms with E-state index in [1.807, 2.05) is 0 Å². The van der Waals surface area contributed by atoms with E-state index in [2.05, 4.69) is 9.97 Å². The molecule has 23 heavy (non-hydrogen) atoms. The summed E-state index contributed by atoms with van der Waals surface area (Å²) in [7, 11) is 0. The predicted octanol–water partition coefficient (Wildman–Crippen LogP) is -3.17. The number of nitrogens with two attached hydrogens (primary N) is 1. The van der Waals surface area contributed by atoms with E-state index < -0.39 is 23.3 Å². The van der Waals surface area contributed by atoms with E-state index in [9.17, 15) is 19.8 Å². The third kappa shape index (κ3) is 10.8. The van der Waals surface area contributed by atoms with Gasteiger partial charge < -0.3 is 42.0 Å². The van der Waals surface area contributed by atoms with Gasteiger partial charge in [-0.2, -0.15) is 0 Å². The summed E-state index contributed by atoms with van der Waals surface area (Å²) in [6.45, 7) is 0. The van der Waals surface area contributed by atoms with Gasteiger partial charge in [0.25, 0.3) is 0 Å². The zero-order chi connectivity index (χ0) is 14.3. The van der Waals surface area contributed by atoms with Crippen molar-refractivity contribution in [1.29, 1.82) is 0 Å². The molecule has 127 valence electrons. The summed E-state index contributed by atoms with van der Waals surface area (Å²) in [5.41, 5.74) is 5.29. The van der Waals surface area contributed by atoms with Crippen molar-refractivity contribution in [3.05, 3.63) is 54.1 Å². The number of carboxylic acids is 2. The molecule has 2 aromatic rings. The van der Waals surface area contributed by atoms with Crippen LogP contribution in [0.5, 0.6) is 0 Å². The fraction of sp³-hybridized carbons (Fsp3) is 0. The number of nitrogens with zero attached hydrogens (tertiary/aromatic N) is 1. The number of aromatic carboxylic acids is 2. The molecule has 0 aliphatic rings. The van der Waals surface area contributed by atoms with Crippen LogP contribution in [-0.4, -0.2) is 22.4 Å². The Labute approximate surface area is 142 Å². The number of hydrogen-bond donors (Lipinski definition) is 1. The molecule has 0 saturated heterocycles. The number of nitrogens with one attached hydrogen (secondary N) is 1. The maximum atomic E-state index is 10.2. The number of anilines is 1. The van der Waals surface area contributed by atoms with Gasteiger partial charge in [0.2, 0.25) is 0 Å². The number of nitrogen functional groups attached to an aromatic ring is 1. The van der Waals surface area contributed by atoms with Crippen molar-refractivity contribution in [3.8, 4) is 0 Å². The normalized spacial score (nSPS) is 7.48. The van der Waals surface area contributed by atoms with Gasteiger partial charge in [-0.05, 0) is 12.1 Å². The van der Waals surface area contributed by atoms with E-state index in [-0.39, 0.29) is 35.0 Å². The standard InChI is InChI=1S/C7H5NO4.C5H6N2.H2O.2O.V/c9-6(10)4-2-1-3-5(8-4)7(11)12;6-5-1-3-7-4-2-5;;;;/h1-3H,(H,9,10)(H,11,12);1-4H,(H2,6,7);1H2;;;/q;;;2*-2;/p-1. The monoisotopic (exact) mass is 361 g/mol. The van der Waals surface area contributed by atoms with Gasteiger partial charge in [-0.3, -0.25) is 0 Å². The fourth-order valence-electron chi connectivity index (χ4n) is 1.06. The number of aromatic amines is 1. The van der Waals surface area contributed by atoms with Crippen molar-refractivity contribution in [2.45, 2.75) is 0 Å². The Morgan fingerprint density at radius 2 is 1.35 bits per heavy atom. The Balaban J connectivity index is -0.000000145. The van der Waals surface area contributed by atoms with E-state index in [1.54, 1.807) is 24.5 Å². The number of H-pyrrole nitrogens is 1. The molecule has 0 spiro atoms. The number of aromatic nitrogens is 2. The molecule has 0 amide bonds. The van der Waals surface area contributed by atoms with E-state index >= 15 is 0 Å². The van der Waals surface area contributed by atoms with Crippen molar-refractivity contribution in [3.63, 3.8) is 0 Å². The number of rotatable bonds is 2. The molecule has 0 saturated carbocycles. The van der Waals surface area contributed by atoms with Crippen molar-refractivity contribution >= 4 is 17.6 Å². The summed E-state index contributed by atoms with van der Waals surface area (Å²) in [5.74, 6) is -3.03. The minimum atomic E-state index is -1.52. The molecule has 2 heterocycles. The molecule has 0 unspecified atom stereocenters. The molecule has 10 nitrogen and oxygen atoms in total. The molecule has 0 fully saturated rings. The summed E-state index contributed by atoms with van der Waals surface area (Å²) in [6, 6.07) is 7.15. The van der Waals surface area contributed by atoms with Crippen LogP contribution in [-0.2, 0) is 29.5 Å². The number of carbonyl (C=O) groups excluding carboxylic acids is 2. The Morgan fingerprint density at radius 3 is 1.61 bits per heavy atom. The Morgan fingerprint density at radius 1 is 0.957 bits per heavy atom. The van der Waals surface area contributed by atoms with E-state index in [0.717, 1.165) is 17.8 Å². The molecule has 1 radical (unpaired) electrons. The zero-order valence-electron chi connectivity index (χ0n) is 11.5. The van der Waals surface area contributed by atoms with E-state index in [4.69, 9.17) is 5.73 Å². The largest absolute Gasteiger partial charge is 2.00 e. The summed E-state index contributed by atoms with van der Waals surface area (Å²) < 4.78 is 0. The maximum absolute atomic E-state index is 10.2. The van der Waals surface area contributed by atoms with Gasteiger partial charge in [0.05, 0.1) is 23.3 Å². The van der Waals surface area contributed by atoms with Crippen LogP contribution in [0.4, 0.5) is 5.69 Å². The van der Waals surface area contributed by atoms with Crippen LogP contribution >= 0.6 is 0 Å². The van der Waals surface area contributed by atoms with Crippen LogP contribution in [0, 0.1) is 0 Å². The maximum Gasteiger partial charge on any atom is 0.169 e. The Hall–Kier alpha value is -2.50.